The van der Waals surface area contributed by atoms with Crippen molar-refractivity contribution in [2.24, 2.45) is 5.92 Å². The summed E-state index contributed by atoms with van der Waals surface area (Å²) in [5.74, 6) is 1.62. The predicted molar refractivity (Wildman–Crippen MR) is 72.9 cm³/mol. The van der Waals surface area contributed by atoms with Crippen LogP contribution >= 0.6 is 0 Å². The van der Waals surface area contributed by atoms with Crippen LogP contribution in [0.5, 0.6) is 5.75 Å². The summed E-state index contributed by atoms with van der Waals surface area (Å²) in [4.78, 5) is 0. The molecule has 0 spiro atoms. The molecule has 0 saturated carbocycles. The quantitative estimate of drug-likeness (QED) is 0.853. The highest BCUT2D eigenvalue weighted by Gasteiger charge is 2.41. The maximum atomic E-state index is 5.45. The van der Waals surface area contributed by atoms with Crippen molar-refractivity contribution in [3.63, 3.8) is 0 Å². The second-order valence-electron chi connectivity index (χ2n) is 5.30. The van der Waals surface area contributed by atoms with E-state index in [1.165, 1.54) is 24.1 Å². The third kappa shape index (κ3) is 1.80. The van der Waals surface area contributed by atoms with E-state index in [-0.39, 0.29) is 5.41 Å². The Morgan fingerprint density at radius 2 is 2.18 bits per heavy atom. The summed E-state index contributed by atoms with van der Waals surface area (Å²) >= 11 is 0. The fraction of sp³-hybridized carbons (Fsp3) is 0.600. The first-order valence-electron chi connectivity index (χ1n) is 6.57. The van der Waals surface area contributed by atoms with Gasteiger partial charge in [0.25, 0.3) is 0 Å². The first kappa shape index (κ1) is 12.3. The maximum absolute atomic E-state index is 5.45. The van der Waals surface area contributed by atoms with Crippen LogP contribution in [0.25, 0.3) is 0 Å². The zero-order valence-electron chi connectivity index (χ0n) is 11.3. The number of benzene rings is 1. The van der Waals surface area contributed by atoms with Crippen molar-refractivity contribution in [2.45, 2.75) is 39.0 Å². The van der Waals surface area contributed by atoms with Gasteiger partial charge in [0.1, 0.15) is 5.75 Å². The minimum Gasteiger partial charge on any atom is -0.495 e. The summed E-state index contributed by atoms with van der Waals surface area (Å²) < 4.78 is 5.45. The smallest absolute Gasteiger partial charge is 0.142 e. The monoisotopic (exact) mass is 233 g/mol. The molecule has 1 aromatic rings. The Balaban J connectivity index is 2.50. The predicted octanol–water partition coefficient (Wildman–Crippen LogP) is 3.81. The fourth-order valence-electron chi connectivity index (χ4n) is 3.11. The minimum absolute atomic E-state index is 0.276. The lowest BCUT2D eigenvalue weighted by Gasteiger charge is -2.33. The van der Waals surface area contributed by atoms with Crippen LogP contribution < -0.4 is 10.1 Å². The van der Waals surface area contributed by atoms with Gasteiger partial charge >= 0.3 is 0 Å². The zero-order chi connectivity index (χ0) is 12.5. The van der Waals surface area contributed by atoms with Gasteiger partial charge < -0.3 is 10.1 Å². The molecule has 0 bridgehead atoms. The Morgan fingerprint density at radius 1 is 1.41 bits per heavy atom. The summed E-state index contributed by atoms with van der Waals surface area (Å²) in [6.45, 7) is 7.95. The van der Waals surface area contributed by atoms with Crippen LogP contribution in [0, 0.1) is 5.92 Å². The molecule has 0 amide bonds. The molecule has 0 radical (unpaired) electrons. The molecule has 0 saturated heterocycles. The second-order valence-corrected chi connectivity index (χ2v) is 5.30. The van der Waals surface area contributed by atoms with E-state index < -0.39 is 0 Å². The van der Waals surface area contributed by atoms with Crippen molar-refractivity contribution in [1.29, 1.82) is 0 Å². The van der Waals surface area contributed by atoms with Gasteiger partial charge in [0, 0.05) is 12.0 Å². The molecule has 1 N–H and O–H groups in total. The van der Waals surface area contributed by atoms with E-state index in [0.29, 0.717) is 5.92 Å². The molecule has 2 heteroatoms. The number of nitrogens with one attached hydrogen (secondary N) is 1. The van der Waals surface area contributed by atoms with Crippen LogP contribution in [-0.4, -0.2) is 13.7 Å². The number of ether oxygens (including phenoxy) is 1. The number of hydrogen-bond acceptors (Lipinski definition) is 2. The van der Waals surface area contributed by atoms with Gasteiger partial charge in [-0.25, -0.2) is 0 Å². The number of para-hydroxylation sites is 1. The minimum atomic E-state index is 0.276. The Bertz CT molecular complexity index is 400. The number of rotatable bonds is 4. The van der Waals surface area contributed by atoms with Crippen LogP contribution in [-0.2, 0) is 5.41 Å². The topological polar surface area (TPSA) is 21.3 Å². The van der Waals surface area contributed by atoms with Gasteiger partial charge in [0.05, 0.1) is 12.8 Å². The standard InChI is InChI=1S/C15H23NO/c1-5-9-15(11(2)3)10-16-14-12(15)7-6-8-13(14)17-4/h6-8,11,16H,5,9-10H2,1-4H3. The van der Waals surface area contributed by atoms with Gasteiger partial charge in [-0.2, -0.15) is 0 Å². The normalized spacial score (nSPS) is 22.4. The average molecular weight is 233 g/mol. The highest BCUT2D eigenvalue weighted by atomic mass is 16.5. The molecule has 1 unspecified atom stereocenters. The summed E-state index contributed by atoms with van der Waals surface area (Å²) in [6.07, 6.45) is 2.45. The number of fused-ring (bicyclic) bond motifs is 1. The Labute approximate surface area is 104 Å². The molecule has 1 atom stereocenters. The summed E-state index contributed by atoms with van der Waals surface area (Å²) in [6, 6.07) is 6.40. The van der Waals surface area contributed by atoms with Gasteiger partial charge in [-0.05, 0) is 24.0 Å². The van der Waals surface area contributed by atoms with Gasteiger partial charge in [-0.15, -0.1) is 0 Å². The molecule has 0 fully saturated rings. The molecule has 1 aliphatic heterocycles. The number of anilines is 1. The molecule has 2 rings (SSSR count). The van der Waals surface area contributed by atoms with Crippen LogP contribution in [0.1, 0.15) is 39.2 Å². The Morgan fingerprint density at radius 3 is 2.76 bits per heavy atom. The van der Waals surface area contributed by atoms with E-state index in [2.05, 4.69) is 38.2 Å². The van der Waals surface area contributed by atoms with Crippen molar-refractivity contribution >= 4 is 5.69 Å². The van der Waals surface area contributed by atoms with Crippen LogP contribution in [0.4, 0.5) is 5.69 Å². The summed E-state index contributed by atoms with van der Waals surface area (Å²) in [7, 11) is 1.74. The van der Waals surface area contributed by atoms with Crippen molar-refractivity contribution in [2.75, 3.05) is 19.0 Å². The van der Waals surface area contributed by atoms with Gasteiger partial charge in [-0.1, -0.05) is 39.3 Å². The highest BCUT2D eigenvalue weighted by Crippen LogP contribution is 2.48. The molecule has 1 aliphatic rings. The SMILES string of the molecule is CCCC1(C(C)C)CNc2c(OC)cccc21. The molecule has 0 aromatic heterocycles. The molecule has 94 valence electrons. The lowest BCUT2D eigenvalue weighted by atomic mass is 9.70. The van der Waals surface area contributed by atoms with Crippen molar-refractivity contribution in [3.05, 3.63) is 23.8 Å². The van der Waals surface area contributed by atoms with E-state index in [0.717, 1.165) is 12.3 Å². The Hall–Kier alpha value is -1.18. The lowest BCUT2D eigenvalue weighted by Crippen LogP contribution is -2.34. The molecule has 17 heavy (non-hydrogen) atoms. The fourth-order valence-corrected chi connectivity index (χ4v) is 3.11. The highest BCUT2D eigenvalue weighted by molar-refractivity contribution is 5.68. The number of methoxy groups -OCH3 is 1. The van der Waals surface area contributed by atoms with E-state index in [1.807, 2.05) is 6.07 Å². The van der Waals surface area contributed by atoms with Gasteiger partial charge in [0.2, 0.25) is 0 Å². The third-order valence-corrected chi connectivity index (χ3v) is 4.16. The molecule has 0 aliphatic carbocycles. The van der Waals surface area contributed by atoms with Crippen LogP contribution in [0.15, 0.2) is 18.2 Å². The molecule has 1 heterocycles. The number of hydrogen-bond donors (Lipinski definition) is 1. The summed E-state index contributed by atoms with van der Waals surface area (Å²) in [5, 5.41) is 3.55. The van der Waals surface area contributed by atoms with E-state index in [1.54, 1.807) is 7.11 Å². The Kier molecular flexibility index (Phi) is 3.32. The molecular formula is C15H23NO. The lowest BCUT2D eigenvalue weighted by molar-refractivity contribution is 0.310. The average Bonchev–Trinajstić information content (AvgIpc) is 2.70. The van der Waals surface area contributed by atoms with E-state index in [4.69, 9.17) is 4.74 Å². The first-order valence-corrected chi connectivity index (χ1v) is 6.57. The van der Waals surface area contributed by atoms with Crippen molar-refractivity contribution in [3.8, 4) is 5.75 Å². The molecular weight excluding hydrogens is 210 g/mol. The third-order valence-electron chi connectivity index (χ3n) is 4.16. The van der Waals surface area contributed by atoms with Gasteiger partial charge in [-0.3, -0.25) is 0 Å². The largest absolute Gasteiger partial charge is 0.495 e. The molecule has 2 nitrogen and oxygen atoms in total. The van der Waals surface area contributed by atoms with E-state index >= 15 is 0 Å². The molecule has 1 aromatic carbocycles. The second kappa shape index (κ2) is 4.59. The van der Waals surface area contributed by atoms with Crippen molar-refractivity contribution < 1.29 is 4.74 Å². The first-order chi connectivity index (χ1) is 8.15. The van der Waals surface area contributed by atoms with Crippen LogP contribution in [0.3, 0.4) is 0 Å². The maximum Gasteiger partial charge on any atom is 0.142 e. The van der Waals surface area contributed by atoms with E-state index in [9.17, 15) is 0 Å². The zero-order valence-corrected chi connectivity index (χ0v) is 11.3. The van der Waals surface area contributed by atoms with Gasteiger partial charge in [0.15, 0.2) is 0 Å². The van der Waals surface area contributed by atoms with Crippen LogP contribution in [0.2, 0.25) is 0 Å². The summed E-state index contributed by atoms with van der Waals surface area (Å²) in [5.41, 5.74) is 2.92. The van der Waals surface area contributed by atoms with Crippen molar-refractivity contribution in [1.82, 2.24) is 0 Å².